The van der Waals surface area contributed by atoms with Crippen molar-refractivity contribution in [2.45, 2.75) is 39.2 Å². The highest BCUT2D eigenvalue weighted by Crippen LogP contribution is 2.37. The number of methoxy groups -OCH3 is 1. The lowest BCUT2D eigenvalue weighted by Crippen LogP contribution is -2.36. The van der Waals surface area contributed by atoms with E-state index in [9.17, 15) is 9.18 Å². The van der Waals surface area contributed by atoms with Gasteiger partial charge in [-0.05, 0) is 48.9 Å². The van der Waals surface area contributed by atoms with Crippen molar-refractivity contribution in [3.8, 4) is 5.75 Å². The largest absolute Gasteiger partial charge is 0.491 e. The van der Waals surface area contributed by atoms with Crippen LogP contribution in [0, 0.1) is 11.2 Å². The summed E-state index contributed by atoms with van der Waals surface area (Å²) in [6.45, 7) is 5.16. The minimum atomic E-state index is -0.488. The molecule has 3 aromatic rings. The number of carbonyl (C=O) groups excluding carboxylic acids is 1. The zero-order chi connectivity index (χ0) is 24.1. The Hall–Kier alpha value is -3.46. The number of halogens is 1. The highest BCUT2D eigenvalue weighted by Gasteiger charge is 2.31. The summed E-state index contributed by atoms with van der Waals surface area (Å²) in [6, 6.07) is 10.1. The summed E-state index contributed by atoms with van der Waals surface area (Å²) in [4.78, 5) is 20.7. The molecule has 0 aliphatic heterocycles. The number of carbonyl (C=O) groups is 1. The minimum Gasteiger partial charge on any atom is -0.491 e. The van der Waals surface area contributed by atoms with Crippen LogP contribution in [0.3, 0.4) is 0 Å². The molecule has 1 aliphatic rings. The van der Waals surface area contributed by atoms with Gasteiger partial charge in [0, 0.05) is 36.7 Å². The molecule has 9 heteroatoms. The number of rotatable bonds is 8. The predicted octanol–water partition coefficient (Wildman–Crippen LogP) is 5.24. The first-order valence-electron chi connectivity index (χ1n) is 11.3. The molecule has 3 N–H and O–H groups in total. The lowest BCUT2D eigenvalue weighted by Gasteiger charge is -2.18. The zero-order valence-corrected chi connectivity index (χ0v) is 19.7. The van der Waals surface area contributed by atoms with Gasteiger partial charge < -0.3 is 25.4 Å². The second kappa shape index (κ2) is 10.2. The number of hydrogen-bond donors (Lipinski definition) is 3. The van der Waals surface area contributed by atoms with Crippen molar-refractivity contribution in [3.05, 3.63) is 48.5 Å². The van der Waals surface area contributed by atoms with Crippen LogP contribution in [-0.2, 0) is 4.74 Å². The molecule has 0 saturated heterocycles. The molecule has 4 rings (SSSR count). The third-order valence-corrected chi connectivity index (χ3v) is 5.93. The third kappa shape index (κ3) is 5.91. The van der Waals surface area contributed by atoms with Gasteiger partial charge in [-0.2, -0.15) is 0 Å². The molecular weight excluding hydrogens is 437 g/mol. The highest BCUT2D eigenvalue weighted by atomic mass is 19.1. The normalized spacial score (nSPS) is 16.9. The molecule has 1 unspecified atom stereocenters. The van der Waals surface area contributed by atoms with Crippen LogP contribution >= 0.6 is 0 Å². The maximum absolute atomic E-state index is 14.9. The Kier molecular flexibility index (Phi) is 7.12. The van der Waals surface area contributed by atoms with E-state index in [1.54, 1.807) is 37.4 Å². The van der Waals surface area contributed by atoms with E-state index in [2.05, 4.69) is 39.8 Å². The molecule has 1 atom stereocenters. The number of ether oxygens (including phenoxy) is 2. The van der Waals surface area contributed by atoms with Gasteiger partial charge in [0.15, 0.2) is 0 Å². The third-order valence-electron chi connectivity index (χ3n) is 5.93. The molecule has 1 heterocycles. The number of anilines is 3. The van der Waals surface area contributed by atoms with Gasteiger partial charge in [-0.15, -0.1) is 0 Å². The van der Waals surface area contributed by atoms with Crippen molar-refractivity contribution in [2.24, 2.45) is 5.41 Å². The van der Waals surface area contributed by atoms with E-state index >= 15 is 0 Å². The molecule has 0 spiro atoms. The van der Waals surface area contributed by atoms with E-state index in [0.29, 0.717) is 41.7 Å². The van der Waals surface area contributed by atoms with Gasteiger partial charge in [0.1, 0.15) is 30.3 Å². The summed E-state index contributed by atoms with van der Waals surface area (Å²) >= 11 is 0. The molecule has 1 fully saturated rings. The first-order valence-corrected chi connectivity index (χ1v) is 11.3. The van der Waals surface area contributed by atoms with E-state index in [1.807, 2.05) is 0 Å². The van der Waals surface area contributed by atoms with Crippen LogP contribution in [0.15, 0.2) is 42.7 Å². The van der Waals surface area contributed by atoms with Gasteiger partial charge in [0.25, 0.3) is 0 Å². The summed E-state index contributed by atoms with van der Waals surface area (Å²) in [5.74, 6) is 0.230. The number of nitrogens with one attached hydrogen (secondary N) is 3. The molecule has 8 nitrogen and oxygen atoms in total. The van der Waals surface area contributed by atoms with Crippen molar-refractivity contribution in [3.63, 3.8) is 0 Å². The molecule has 0 bridgehead atoms. The number of hydrogen-bond acceptors (Lipinski definition) is 6. The highest BCUT2D eigenvalue weighted by molar-refractivity contribution is 5.92. The maximum Gasteiger partial charge on any atom is 0.319 e. The van der Waals surface area contributed by atoms with Gasteiger partial charge >= 0.3 is 6.03 Å². The van der Waals surface area contributed by atoms with Crippen LogP contribution in [0.5, 0.6) is 5.75 Å². The van der Waals surface area contributed by atoms with Gasteiger partial charge in [-0.3, -0.25) is 0 Å². The average molecular weight is 468 g/mol. The van der Waals surface area contributed by atoms with Crippen molar-refractivity contribution in [1.29, 1.82) is 0 Å². The molecular formula is C25H30FN5O3. The molecule has 1 aliphatic carbocycles. The van der Waals surface area contributed by atoms with E-state index in [-0.39, 0.29) is 22.9 Å². The second-order valence-corrected chi connectivity index (χ2v) is 9.27. The lowest BCUT2D eigenvalue weighted by molar-refractivity contribution is 0.146. The summed E-state index contributed by atoms with van der Waals surface area (Å²) in [7, 11) is 1.57. The molecule has 180 valence electrons. The first-order chi connectivity index (χ1) is 16.3. The van der Waals surface area contributed by atoms with Crippen LogP contribution in [0.2, 0.25) is 0 Å². The van der Waals surface area contributed by atoms with Crippen LogP contribution in [0.1, 0.15) is 33.1 Å². The Labute approximate surface area is 198 Å². The molecule has 2 amide bonds. The first kappa shape index (κ1) is 23.7. The number of aromatic nitrogens is 2. The van der Waals surface area contributed by atoms with Gasteiger partial charge in [-0.1, -0.05) is 13.8 Å². The van der Waals surface area contributed by atoms with Crippen LogP contribution in [0.25, 0.3) is 10.9 Å². The van der Waals surface area contributed by atoms with Gasteiger partial charge in [0.2, 0.25) is 0 Å². The van der Waals surface area contributed by atoms with Crippen molar-refractivity contribution in [1.82, 2.24) is 15.3 Å². The maximum atomic E-state index is 14.9. The van der Waals surface area contributed by atoms with Crippen LogP contribution < -0.4 is 20.7 Å². The Morgan fingerprint density at radius 2 is 1.91 bits per heavy atom. The van der Waals surface area contributed by atoms with Crippen LogP contribution in [-0.4, -0.2) is 42.4 Å². The monoisotopic (exact) mass is 467 g/mol. The number of benzene rings is 2. The second-order valence-electron chi connectivity index (χ2n) is 9.27. The number of amides is 2. The van der Waals surface area contributed by atoms with Crippen molar-refractivity contribution >= 4 is 34.1 Å². The standard InChI is InChI=1S/C25H30FN5O3/c1-25(2)9-8-18(14-25)31-24(32)30-17-6-4-16(5-7-17)29-23-22-20(26)12-19(34-11-10-33-3)13-21(22)27-15-28-23/h4-7,12-13,15,18H,8-11,14H2,1-3H3,(H,27,28,29)(H2,30,31,32). The van der Waals surface area contributed by atoms with Crippen LogP contribution in [0.4, 0.5) is 26.4 Å². The minimum absolute atomic E-state index is 0.197. The summed E-state index contributed by atoms with van der Waals surface area (Å²) < 4.78 is 25.3. The Balaban J connectivity index is 1.41. The lowest BCUT2D eigenvalue weighted by atomic mass is 9.92. The summed E-state index contributed by atoms with van der Waals surface area (Å²) in [5, 5.41) is 9.30. The van der Waals surface area contributed by atoms with E-state index < -0.39 is 5.82 Å². The number of urea groups is 1. The Morgan fingerprint density at radius 1 is 1.15 bits per heavy atom. The topological polar surface area (TPSA) is 97.4 Å². The fraction of sp³-hybridized carbons (Fsp3) is 0.400. The van der Waals surface area contributed by atoms with E-state index in [1.165, 1.54) is 12.4 Å². The molecule has 0 radical (unpaired) electrons. The fourth-order valence-electron chi connectivity index (χ4n) is 4.22. The van der Waals surface area contributed by atoms with Crippen molar-refractivity contribution < 1.29 is 18.7 Å². The summed E-state index contributed by atoms with van der Waals surface area (Å²) in [5.41, 5.74) is 2.06. The predicted molar refractivity (Wildman–Crippen MR) is 130 cm³/mol. The summed E-state index contributed by atoms with van der Waals surface area (Å²) in [6.07, 6.45) is 4.45. The molecule has 1 saturated carbocycles. The molecule has 2 aromatic carbocycles. The Morgan fingerprint density at radius 3 is 2.62 bits per heavy atom. The van der Waals surface area contributed by atoms with Gasteiger partial charge in [0.05, 0.1) is 17.5 Å². The van der Waals surface area contributed by atoms with Gasteiger partial charge in [-0.25, -0.2) is 19.2 Å². The Bertz CT molecular complexity index is 1150. The fourth-order valence-corrected chi connectivity index (χ4v) is 4.22. The number of fused-ring (bicyclic) bond motifs is 1. The SMILES string of the molecule is COCCOc1cc(F)c2c(Nc3ccc(NC(=O)NC4CCC(C)(C)C4)cc3)ncnc2c1. The molecule has 34 heavy (non-hydrogen) atoms. The van der Waals surface area contributed by atoms with E-state index in [0.717, 1.165) is 19.3 Å². The van der Waals surface area contributed by atoms with Crippen molar-refractivity contribution in [2.75, 3.05) is 31.0 Å². The van der Waals surface area contributed by atoms with E-state index in [4.69, 9.17) is 9.47 Å². The quantitative estimate of drug-likeness (QED) is 0.392. The average Bonchev–Trinajstić information content (AvgIpc) is 3.13. The number of nitrogens with zero attached hydrogens (tertiary/aromatic N) is 2. The smallest absolute Gasteiger partial charge is 0.319 e. The zero-order valence-electron chi connectivity index (χ0n) is 19.7. The molecule has 1 aromatic heterocycles.